The number of rotatable bonds is 4. The second-order valence-electron chi connectivity index (χ2n) is 1.42. The molecule has 61 valence electrons. The van der Waals surface area contributed by atoms with Crippen molar-refractivity contribution < 1.29 is 22.3 Å². The van der Waals surface area contributed by atoms with Crippen LogP contribution in [0.4, 0.5) is 17.6 Å². The van der Waals surface area contributed by atoms with E-state index >= 15 is 0 Å². The van der Waals surface area contributed by atoms with E-state index in [0.29, 0.717) is 0 Å². The zero-order valence-electron chi connectivity index (χ0n) is 4.82. The normalized spacial score (nSPS) is 12.6. The van der Waals surface area contributed by atoms with Crippen molar-refractivity contribution in [2.45, 2.75) is 12.5 Å². The van der Waals surface area contributed by atoms with Crippen LogP contribution in [-0.4, -0.2) is 24.9 Å². The minimum absolute atomic E-state index is 0.123. The summed E-state index contributed by atoms with van der Waals surface area (Å²) < 4.78 is 49.3. The number of halogens is 4. The molecule has 0 aliphatic heterocycles. The van der Waals surface area contributed by atoms with Crippen LogP contribution in [0.1, 0.15) is 0 Å². The minimum Gasteiger partial charge on any atom is -0.315 e. The minimum atomic E-state index is -4.35. The van der Waals surface area contributed by atoms with Gasteiger partial charge in [0.05, 0.1) is 6.61 Å². The van der Waals surface area contributed by atoms with Crippen LogP contribution in [0.2, 0.25) is 0 Å². The summed E-state index contributed by atoms with van der Waals surface area (Å²) in [6.07, 6.45) is -8.13. The topological polar surface area (TPSA) is 9.23 Å². The van der Waals surface area contributed by atoms with Crippen LogP contribution >= 0.6 is 12.6 Å². The Bertz CT molecular complexity index is 97.3. The van der Waals surface area contributed by atoms with Crippen LogP contribution in [0, 0.1) is 0 Å². The van der Waals surface area contributed by atoms with Gasteiger partial charge in [0.1, 0.15) is 0 Å². The molecule has 1 radical (unpaired) electrons. The molecule has 0 aliphatic rings. The van der Waals surface area contributed by atoms with Gasteiger partial charge in [-0.25, -0.2) is 8.78 Å². The molecular formula is C4H5F4OS. The predicted octanol–water partition coefficient (Wildman–Crippen LogP) is 2.06. The Labute approximate surface area is 60.8 Å². The van der Waals surface area contributed by atoms with Crippen molar-refractivity contribution in [3.63, 3.8) is 0 Å². The van der Waals surface area contributed by atoms with E-state index in [9.17, 15) is 17.6 Å². The van der Waals surface area contributed by atoms with Gasteiger partial charge >= 0.3 is 12.5 Å². The Balaban J connectivity index is 3.63. The molecule has 0 aromatic carbocycles. The maximum atomic E-state index is 11.7. The number of alkyl halides is 4. The van der Waals surface area contributed by atoms with Crippen molar-refractivity contribution in [2.24, 2.45) is 0 Å². The lowest BCUT2D eigenvalue weighted by atomic mass is 10.6. The lowest BCUT2D eigenvalue weighted by molar-refractivity contribution is -0.297. The SMILES string of the molecule is FC(F)C(F)(F)OCC[S]. The summed E-state index contributed by atoms with van der Waals surface area (Å²) >= 11 is 4.20. The molecule has 1 nitrogen and oxygen atoms in total. The first-order chi connectivity index (χ1) is 4.50. The molecule has 0 aromatic rings. The average Bonchev–Trinajstić information content (AvgIpc) is 1.84. The molecule has 0 rings (SSSR count). The van der Waals surface area contributed by atoms with Crippen LogP contribution in [-0.2, 0) is 4.74 Å². The van der Waals surface area contributed by atoms with E-state index in [1.165, 1.54) is 0 Å². The Kier molecular flexibility index (Phi) is 4.04. The molecule has 0 N–H and O–H groups in total. The van der Waals surface area contributed by atoms with Gasteiger partial charge in [0, 0.05) is 5.75 Å². The maximum Gasteiger partial charge on any atom is 0.416 e. The maximum absolute atomic E-state index is 11.7. The van der Waals surface area contributed by atoms with E-state index in [4.69, 9.17) is 0 Å². The van der Waals surface area contributed by atoms with E-state index in [1.54, 1.807) is 0 Å². The zero-order valence-corrected chi connectivity index (χ0v) is 5.64. The van der Waals surface area contributed by atoms with Gasteiger partial charge in [-0.05, 0) is 0 Å². The van der Waals surface area contributed by atoms with Crippen LogP contribution in [0.15, 0.2) is 0 Å². The van der Waals surface area contributed by atoms with Gasteiger partial charge in [0.25, 0.3) is 0 Å². The highest BCUT2D eigenvalue weighted by atomic mass is 32.1. The monoisotopic (exact) mass is 177 g/mol. The van der Waals surface area contributed by atoms with Gasteiger partial charge in [-0.2, -0.15) is 8.78 Å². The van der Waals surface area contributed by atoms with Crippen LogP contribution in [0.25, 0.3) is 0 Å². The largest absolute Gasteiger partial charge is 0.416 e. The van der Waals surface area contributed by atoms with Crippen molar-refractivity contribution in [2.75, 3.05) is 12.4 Å². The zero-order chi connectivity index (χ0) is 8.20. The second kappa shape index (κ2) is 4.02. The van der Waals surface area contributed by atoms with Crippen molar-refractivity contribution in [1.29, 1.82) is 0 Å². The standard InChI is InChI=1S/C4H5F4OS/c5-3(6)4(7,8)9-1-2-10/h3H,1-2H2. The third-order valence-electron chi connectivity index (χ3n) is 0.632. The summed E-state index contributed by atoms with van der Waals surface area (Å²) in [7, 11) is 0. The predicted molar refractivity (Wildman–Crippen MR) is 29.4 cm³/mol. The molecule has 0 spiro atoms. The summed E-state index contributed by atoms with van der Waals surface area (Å²) in [5.74, 6) is -0.123. The summed E-state index contributed by atoms with van der Waals surface area (Å²) in [5, 5.41) is 0. The quantitative estimate of drug-likeness (QED) is 0.597. The molecule has 0 unspecified atom stereocenters. The van der Waals surface area contributed by atoms with E-state index < -0.39 is 19.1 Å². The Morgan fingerprint density at radius 3 is 2.20 bits per heavy atom. The lowest BCUT2D eigenvalue weighted by Gasteiger charge is -2.13. The van der Waals surface area contributed by atoms with E-state index in [2.05, 4.69) is 17.4 Å². The molecule has 0 atom stereocenters. The molecule has 0 bridgehead atoms. The molecule has 0 aliphatic carbocycles. The van der Waals surface area contributed by atoms with Crippen LogP contribution in [0.3, 0.4) is 0 Å². The van der Waals surface area contributed by atoms with Gasteiger partial charge in [-0.3, -0.25) is 0 Å². The summed E-state index contributed by atoms with van der Waals surface area (Å²) in [6.45, 7) is -0.535. The first kappa shape index (κ1) is 10.0. The molecule has 0 saturated carbocycles. The molecular weight excluding hydrogens is 172 g/mol. The van der Waals surface area contributed by atoms with Crippen molar-refractivity contribution >= 4 is 12.6 Å². The molecule has 0 aromatic heterocycles. The number of ether oxygens (including phenoxy) is 1. The van der Waals surface area contributed by atoms with Crippen molar-refractivity contribution in [3.8, 4) is 0 Å². The Hall–Kier alpha value is 0.0300. The van der Waals surface area contributed by atoms with Gasteiger partial charge in [0.15, 0.2) is 0 Å². The highest BCUT2D eigenvalue weighted by Crippen LogP contribution is 2.23. The van der Waals surface area contributed by atoms with E-state index in [0.717, 1.165) is 0 Å². The fraction of sp³-hybridized carbons (Fsp3) is 1.00. The summed E-state index contributed by atoms with van der Waals surface area (Å²) in [4.78, 5) is 0. The molecule has 6 heteroatoms. The second-order valence-corrected chi connectivity index (χ2v) is 1.82. The Morgan fingerprint density at radius 2 is 1.90 bits per heavy atom. The van der Waals surface area contributed by atoms with E-state index in [1.807, 2.05) is 0 Å². The number of hydrogen-bond acceptors (Lipinski definition) is 1. The number of hydrogen-bond donors (Lipinski definition) is 0. The third-order valence-corrected chi connectivity index (χ3v) is 0.799. The van der Waals surface area contributed by atoms with Crippen molar-refractivity contribution in [3.05, 3.63) is 0 Å². The molecule has 0 amide bonds. The first-order valence-electron chi connectivity index (χ1n) is 2.38. The smallest absolute Gasteiger partial charge is 0.315 e. The Morgan fingerprint density at radius 1 is 1.40 bits per heavy atom. The third kappa shape index (κ3) is 3.26. The van der Waals surface area contributed by atoms with Gasteiger partial charge in [-0.1, -0.05) is 12.6 Å². The highest BCUT2D eigenvalue weighted by molar-refractivity contribution is 7.80. The fourth-order valence-corrected chi connectivity index (χ4v) is 0.324. The van der Waals surface area contributed by atoms with Crippen LogP contribution < -0.4 is 0 Å². The van der Waals surface area contributed by atoms with Crippen molar-refractivity contribution in [1.82, 2.24) is 0 Å². The van der Waals surface area contributed by atoms with Gasteiger partial charge < -0.3 is 4.74 Å². The summed E-state index contributed by atoms with van der Waals surface area (Å²) in [5.41, 5.74) is 0. The molecule has 0 fully saturated rings. The lowest BCUT2D eigenvalue weighted by Crippen LogP contribution is -2.30. The molecule has 10 heavy (non-hydrogen) atoms. The van der Waals surface area contributed by atoms with Crippen LogP contribution in [0.5, 0.6) is 0 Å². The van der Waals surface area contributed by atoms with Gasteiger partial charge in [-0.15, -0.1) is 0 Å². The van der Waals surface area contributed by atoms with E-state index in [-0.39, 0.29) is 5.75 Å². The van der Waals surface area contributed by atoms with Gasteiger partial charge in [0.2, 0.25) is 0 Å². The molecule has 0 heterocycles. The summed E-state index contributed by atoms with van der Waals surface area (Å²) in [6, 6.07) is 0. The highest BCUT2D eigenvalue weighted by Gasteiger charge is 2.41. The first-order valence-corrected chi connectivity index (χ1v) is 2.96. The fourth-order valence-electron chi connectivity index (χ4n) is 0.241. The molecule has 0 saturated heterocycles. The average molecular weight is 177 g/mol.